The van der Waals surface area contributed by atoms with E-state index in [1.807, 2.05) is 112 Å². The van der Waals surface area contributed by atoms with Crippen LogP contribution in [-0.2, 0) is 9.47 Å². The van der Waals surface area contributed by atoms with Crippen LogP contribution >= 0.6 is 11.8 Å². The third-order valence-corrected chi connectivity index (χ3v) is 11.2. The summed E-state index contributed by atoms with van der Waals surface area (Å²) >= 11 is 1.45. The SMILES string of the molecule is CCOC(=O)c1ccc(C2=CCN(C3CCN(c4ccc(C(=O)Nc5cccc(Sc6cnc(N7C=CC(C)(NC(=O)OC(C)(C)C)C=C7)cn6)c5)cc4)CC3)CC2)nn1. The molecule has 0 spiro atoms. The molecular weight excluding hydrogens is 779 g/mol. The summed E-state index contributed by atoms with van der Waals surface area (Å²) in [6.07, 6.45) is 15.5. The second kappa shape index (κ2) is 18.5. The summed E-state index contributed by atoms with van der Waals surface area (Å²) in [6, 6.07) is 19.5. The van der Waals surface area contributed by atoms with Crippen LogP contribution in [0.3, 0.4) is 0 Å². The van der Waals surface area contributed by atoms with Crippen LogP contribution in [0.1, 0.15) is 80.4 Å². The summed E-state index contributed by atoms with van der Waals surface area (Å²) in [7, 11) is 0. The number of rotatable bonds is 11. The molecule has 3 aliphatic rings. The average Bonchev–Trinajstić information content (AvgIpc) is 3.24. The van der Waals surface area contributed by atoms with Crippen molar-refractivity contribution >= 4 is 52.5 Å². The molecule has 2 aromatic heterocycles. The van der Waals surface area contributed by atoms with Crippen molar-refractivity contribution in [2.24, 2.45) is 0 Å². The lowest BCUT2D eigenvalue weighted by Gasteiger charge is -2.40. The van der Waals surface area contributed by atoms with Gasteiger partial charge in [-0.05, 0) is 126 Å². The Morgan fingerprint density at radius 2 is 1.70 bits per heavy atom. The van der Waals surface area contributed by atoms with E-state index in [4.69, 9.17) is 9.47 Å². The first kappa shape index (κ1) is 42.1. The van der Waals surface area contributed by atoms with Crippen LogP contribution in [0.15, 0.2) is 114 Å². The number of aromatic nitrogens is 4. The van der Waals surface area contributed by atoms with Gasteiger partial charge in [0.1, 0.15) is 10.6 Å². The smallest absolute Gasteiger partial charge is 0.408 e. The molecule has 2 aromatic carbocycles. The maximum Gasteiger partial charge on any atom is 0.408 e. The fraction of sp³-hybridized carbons (Fsp3) is 0.356. The number of nitrogens with zero attached hydrogens (tertiary/aromatic N) is 7. The minimum Gasteiger partial charge on any atom is -0.461 e. The predicted molar refractivity (Wildman–Crippen MR) is 233 cm³/mol. The van der Waals surface area contributed by atoms with Gasteiger partial charge in [0.25, 0.3) is 5.91 Å². The quantitative estimate of drug-likeness (QED) is 0.142. The van der Waals surface area contributed by atoms with Crippen LogP contribution in [-0.4, -0.2) is 93.0 Å². The molecule has 15 heteroatoms. The van der Waals surface area contributed by atoms with E-state index in [2.05, 4.69) is 46.7 Å². The zero-order valence-electron chi connectivity index (χ0n) is 34.6. The van der Waals surface area contributed by atoms with E-state index in [1.54, 1.807) is 25.4 Å². The van der Waals surface area contributed by atoms with E-state index in [-0.39, 0.29) is 11.6 Å². The molecule has 1 saturated heterocycles. The fourth-order valence-electron chi connectivity index (χ4n) is 7.17. The molecule has 0 saturated carbocycles. The van der Waals surface area contributed by atoms with Crippen LogP contribution in [0.25, 0.3) is 5.57 Å². The monoisotopic (exact) mass is 829 g/mol. The van der Waals surface area contributed by atoms with Gasteiger partial charge in [-0.25, -0.2) is 19.6 Å². The van der Waals surface area contributed by atoms with Gasteiger partial charge in [-0.2, -0.15) is 5.10 Å². The minimum absolute atomic E-state index is 0.176. The summed E-state index contributed by atoms with van der Waals surface area (Å²) < 4.78 is 10.4. The number of alkyl carbamates (subject to hydrolysis) is 1. The van der Waals surface area contributed by atoms with E-state index in [9.17, 15) is 14.4 Å². The van der Waals surface area contributed by atoms with Gasteiger partial charge in [-0.1, -0.05) is 23.9 Å². The van der Waals surface area contributed by atoms with Gasteiger partial charge in [-0.15, -0.1) is 5.10 Å². The second-order valence-electron chi connectivity index (χ2n) is 16.0. The number of piperidine rings is 1. The molecule has 2 amide bonds. The topological polar surface area (TPSA) is 155 Å². The number of hydrogen-bond acceptors (Lipinski definition) is 13. The van der Waals surface area contributed by atoms with E-state index in [1.165, 1.54) is 11.8 Å². The Labute approximate surface area is 355 Å². The van der Waals surface area contributed by atoms with Gasteiger partial charge >= 0.3 is 12.1 Å². The summed E-state index contributed by atoms with van der Waals surface area (Å²) in [5.74, 6) is -0.00137. The first-order chi connectivity index (χ1) is 28.8. The lowest BCUT2D eigenvalue weighted by Crippen LogP contribution is -2.46. The number of benzene rings is 2. The molecule has 0 aliphatic carbocycles. The van der Waals surface area contributed by atoms with Crippen molar-refractivity contribution in [3.63, 3.8) is 0 Å². The molecule has 7 rings (SSSR count). The van der Waals surface area contributed by atoms with Crippen LogP contribution in [0.5, 0.6) is 0 Å². The lowest BCUT2D eigenvalue weighted by atomic mass is 9.98. The molecule has 2 N–H and O–H groups in total. The van der Waals surface area contributed by atoms with Gasteiger partial charge < -0.3 is 29.9 Å². The number of anilines is 3. The maximum absolute atomic E-state index is 13.3. The third kappa shape index (κ3) is 11.0. The molecule has 60 heavy (non-hydrogen) atoms. The number of nitrogens with one attached hydrogen (secondary N) is 2. The van der Waals surface area contributed by atoms with Crippen LogP contribution in [0.2, 0.25) is 0 Å². The predicted octanol–water partition coefficient (Wildman–Crippen LogP) is 7.74. The Hall–Kier alpha value is -6.06. The largest absolute Gasteiger partial charge is 0.461 e. The van der Waals surface area contributed by atoms with Gasteiger partial charge in [0, 0.05) is 66.5 Å². The summed E-state index contributed by atoms with van der Waals surface area (Å²) in [4.78, 5) is 54.3. The highest BCUT2D eigenvalue weighted by molar-refractivity contribution is 7.99. The molecule has 3 aliphatic heterocycles. The zero-order chi connectivity index (χ0) is 42.3. The van der Waals surface area contributed by atoms with Crippen LogP contribution in [0.4, 0.5) is 22.0 Å². The highest BCUT2D eigenvalue weighted by atomic mass is 32.2. The second-order valence-corrected chi connectivity index (χ2v) is 17.1. The van der Waals surface area contributed by atoms with Gasteiger partial charge in [0.15, 0.2) is 11.5 Å². The van der Waals surface area contributed by atoms with Crippen molar-refractivity contribution in [1.29, 1.82) is 0 Å². The van der Waals surface area contributed by atoms with Crippen LogP contribution in [0, 0.1) is 0 Å². The molecule has 0 bridgehead atoms. The molecular formula is C45H51N9O5S. The van der Waals surface area contributed by atoms with E-state index in [0.29, 0.717) is 34.7 Å². The Morgan fingerprint density at radius 1 is 0.933 bits per heavy atom. The van der Waals surface area contributed by atoms with Crippen molar-refractivity contribution < 1.29 is 23.9 Å². The molecule has 0 atom stereocenters. The number of hydrogen-bond donors (Lipinski definition) is 2. The summed E-state index contributed by atoms with van der Waals surface area (Å²) in [5, 5.41) is 15.0. The Morgan fingerprint density at radius 3 is 2.33 bits per heavy atom. The molecule has 0 unspecified atom stereocenters. The van der Waals surface area contributed by atoms with Crippen molar-refractivity contribution in [3.05, 3.63) is 121 Å². The number of ether oxygens (including phenoxy) is 2. The number of carbonyl (C=O) groups is 3. The van der Waals surface area contributed by atoms with Gasteiger partial charge in [-0.3, -0.25) is 9.69 Å². The van der Waals surface area contributed by atoms with E-state index in [0.717, 1.165) is 67.3 Å². The average molecular weight is 830 g/mol. The van der Waals surface area contributed by atoms with E-state index < -0.39 is 23.2 Å². The number of carbonyl (C=O) groups excluding carboxylic acids is 3. The lowest BCUT2D eigenvalue weighted by molar-refractivity contribution is 0.0494. The Balaban J connectivity index is 0.858. The first-order valence-corrected chi connectivity index (χ1v) is 21.0. The maximum atomic E-state index is 13.3. The van der Waals surface area contributed by atoms with Crippen LogP contribution < -0.4 is 20.4 Å². The number of esters is 1. The molecule has 312 valence electrons. The summed E-state index contributed by atoms with van der Waals surface area (Å²) in [5.41, 5.74) is 3.29. The molecule has 0 radical (unpaired) electrons. The van der Waals surface area contributed by atoms with Gasteiger partial charge in [0.2, 0.25) is 0 Å². The molecule has 1 fully saturated rings. The van der Waals surface area contributed by atoms with Gasteiger partial charge in [0.05, 0.1) is 30.2 Å². The number of amides is 2. The molecule has 14 nitrogen and oxygen atoms in total. The first-order valence-electron chi connectivity index (χ1n) is 20.2. The summed E-state index contributed by atoms with van der Waals surface area (Å²) in [6.45, 7) is 13.1. The van der Waals surface area contributed by atoms with Crippen molar-refractivity contribution in [1.82, 2.24) is 30.4 Å². The fourth-order valence-corrected chi connectivity index (χ4v) is 7.96. The van der Waals surface area contributed by atoms with Crippen molar-refractivity contribution in [2.45, 2.75) is 81.0 Å². The highest BCUT2D eigenvalue weighted by Gasteiger charge is 2.28. The standard InChI is InChI=1S/C45H51N9O5S/c1-6-58-42(56)38-15-14-37(50-51-38)31-16-22-52(23-17-31)35-18-24-53(25-19-35)34-12-10-32(11-13-34)41(55)48-33-8-7-9-36(28-33)60-40-30-46-39(29-47-40)54-26-20-45(5,21-27-54)49-43(57)59-44(2,3)4/h7-16,20-21,26-30,35H,6,17-19,22-25H2,1-5H3,(H,48,55)(H,49,57). The van der Waals surface area contributed by atoms with Crippen molar-refractivity contribution in [3.8, 4) is 0 Å². The minimum atomic E-state index is -0.702. The normalized spacial score (nSPS) is 16.9. The molecule has 4 aromatic rings. The van der Waals surface area contributed by atoms with Crippen molar-refractivity contribution in [2.75, 3.05) is 47.9 Å². The van der Waals surface area contributed by atoms with E-state index >= 15 is 0 Å². The Bertz CT molecular complexity index is 2230. The highest BCUT2D eigenvalue weighted by Crippen LogP contribution is 2.30. The third-order valence-electron chi connectivity index (χ3n) is 10.3. The molecule has 5 heterocycles. The zero-order valence-corrected chi connectivity index (χ0v) is 35.4. The Kier molecular flexibility index (Phi) is 13.0.